The molecule has 0 saturated heterocycles. The molecule has 18 heavy (non-hydrogen) atoms. The highest BCUT2D eigenvalue weighted by molar-refractivity contribution is 7.07. The summed E-state index contributed by atoms with van der Waals surface area (Å²) >= 11 is 1.59. The molecule has 1 unspecified atom stereocenters. The zero-order valence-corrected chi connectivity index (χ0v) is 11.6. The molecule has 0 saturated carbocycles. The molecule has 0 aliphatic heterocycles. The van der Waals surface area contributed by atoms with E-state index in [9.17, 15) is 9.59 Å². The molecule has 0 radical (unpaired) electrons. The van der Waals surface area contributed by atoms with E-state index in [1.165, 1.54) is 4.90 Å². The maximum Gasteiger partial charge on any atom is 0.319 e. The van der Waals surface area contributed by atoms with E-state index >= 15 is 0 Å². The van der Waals surface area contributed by atoms with Crippen molar-refractivity contribution >= 4 is 23.3 Å². The summed E-state index contributed by atoms with van der Waals surface area (Å²) in [6.07, 6.45) is 0. The van der Waals surface area contributed by atoms with E-state index in [2.05, 4.69) is 0 Å². The quantitative estimate of drug-likeness (QED) is 0.889. The number of amides is 2. The van der Waals surface area contributed by atoms with Crippen molar-refractivity contribution in [2.24, 2.45) is 5.92 Å². The second-order valence-electron chi connectivity index (χ2n) is 4.39. The minimum atomic E-state index is -0.893. The van der Waals surface area contributed by atoms with Crippen molar-refractivity contribution < 1.29 is 14.7 Å². The minimum Gasteiger partial charge on any atom is -0.481 e. The molecule has 0 fully saturated rings. The molecule has 1 aromatic heterocycles. The maximum absolute atomic E-state index is 12.0. The Kier molecular flexibility index (Phi) is 5.15. The number of carbonyl (C=O) groups excluding carboxylic acids is 1. The summed E-state index contributed by atoms with van der Waals surface area (Å²) in [4.78, 5) is 25.7. The molecule has 1 aromatic rings. The molecular formula is C12H18N2O3S. The van der Waals surface area contributed by atoms with Crippen LogP contribution < -0.4 is 0 Å². The number of carboxylic acid groups (broad SMARTS) is 1. The highest BCUT2D eigenvalue weighted by atomic mass is 32.1. The molecule has 0 bridgehead atoms. The molecule has 1 rings (SSSR count). The number of hydrogen-bond donors (Lipinski definition) is 1. The van der Waals surface area contributed by atoms with Crippen LogP contribution in [-0.2, 0) is 11.3 Å². The van der Waals surface area contributed by atoms with Gasteiger partial charge in [-0.15, -0.1) is 0 Å². The van der Waals surface area contributed by atoms with Gasteiger partial charge in [0.05, 0.1) is 5.92 Å². The second kappa shape index (κ2) is 6.39. The van der Waals surface area contributed by atoms with Crippen LogP contribution in [0.1, 0.15) is 12.5 Å². The number of thiophene rings is 1. The van der Waals surface area contributed by atoms with Gasteiger partial charge in [-0.3, -0.25) is 4.79 Å². The van der Waals surface area contributed by atoms with Crippen LogP contribution in [0.25, 0.3) is 0 Å². The Morgan fingerprint density at radius 1 is 1.39 bits per heavy atom. The Morgan fingerprint density at radius 2 is 2.06 bits per heavy atom. The maximum atomic E-state index is 12.0. The molecule has 1 heterocycles. The largest absolute Gasteiger partial charge is 0.481 e. The lowest BCUT2D eigenvalue weighted by molar-refractivity contribution is -0.141. The van der Waals surface area contributed by atoms with Crippen LogP contribution in [-0.4, -0.2) is 47.5 Å². The molecule has 0 aliphatic rings. The van der Waals surface area contributed by atoms with Crippen molar-refractivity contribution in [2.45, 2.75) is 13.5 Å². The van der Waals surface area contributed by atoms with Crippen LogP contribution in [0, 0.1) is 5.92 Å². The van der Waals surface area contributed by atoms with Crippen LogP contribution in [0.2, 0.25) is 0 Å². The van der Waals surface area contributed by atoms with Crippen LogP contribution in [0.4, 0.5) is 4.79 Å². The highest BCUT2D eigenvalue weighted by Crippen LogP contribution is 2.10. The van der Waals surface area contributed by atoms with E-state index in [-0.39, 0.29) is 12.6 Å². The first kappa shape index (κ1) is 14.5. The van der Waals surface area contributed by atoms with Gasteiger partial charge in [-0.25, -0.2) is 4.79 Å². The van der Waals surface area contributed by atoms with Gasteiger partial charge >= 0.3 is 12.0 Å². The summed E-state index contributed by atoms with van der Waals surface area (Å²) in [7, 11) is 3.33. The highest BCUT2D eigenvalue weighted by Gasteiger charge is 2.19. The summed E-state index contributed by atoms with van der Waals surface area (Å²) in [6.45, 7) is 2.33. The molecule has 1 N–H and O–H groups in total. The van der Waals surface area contributed by atoms with Crippen molar-refractivity contribution in [3.8, 4) is 0 Å². The van der Waals surface area contributed by atoms with Gasteiger partial charge in [0.15, 0.2) is 0 Å². The summed E-state index contributed by atoms with van der Waals surface area (Å²) in [5, 5.41) is 12.8. The van der Waals surface area contributed by atoms with Gasteiger partial charge in [-0.2, -0.15) is 11.3 Å². The molecule has 1 atom stereocenters. The first-order valence-electron chi connectivity index (χ1n) is 5.62. The van der Waals surface area contributed by atoms with Crippen molar-refractivity contribution in [2.75, 3.05) is 20.6 Å². The zero-order chi connectivity index (χ0) is 13.7. The average Bonchev–Trinajstić information content (AvgIpc) is 2.80. The van der Waals surface area contributed by atoms with Gasteiger partial charge in [0.1, 0.15) is 0 Å². The molecule has 2 amide bonds. The topological polar surface area (TPSA) is 60.9 Å². The lowest BCUT2D eigenvalue weighted by atomic mass is 10.2. The first-order chi connectivity index (χ1) is 8.41. The number of hydrogen-bond acceptors (Lipinski definition) is 3. The fourth-order valence-corrected chi connectivity index (χ4v) is 2.24. The van der Waals surface area contributed by atoms with Gasteiger partial charge < -0.3 is 14.9 Å². The van der Waals surface area contributed by atoms with Crippen LogP contribution in [0.5, 0.6) is 0 Å². The van der Waals surface area contributed by atoms with E-state index in [0.29, 0.717) is 6.54 Å². The number of carboxylic acids is 1. The van der Waals surface area contributed by atoms with E-state index in [1.807, 2.05) is 16.8 Å². The third-order valence-corrected chi connectivity index (χ3v) is 3.35. The van der Waals surface area contributed by atoms with Crippen molar-refractivity contribution in [1.82, 2.24) is 9.80 Å². The molecule has 5 nitrogen and oxygen atoms in total. The molecule has 0 spiro atoms. The molecule has 6 heteroatoms. The van der Waals surface area contributed by atoms with Crippen LogP contribution >= 0.6 is 11.3 Å². The predicted octanol–water partition coefficient (Wildman–Crippen LogP) is 1.95. The second-order valence-corrected chi connectivity index (χ2v) is 5.17. The van der Waals surface area contributed by atoms with Crippen molar-refractivity contribution in [3.63, 3.8) is 0 Å². The molecule has 100 valence electrons. The number of rotatable bonds is 5. The molecular weight excluding hydrogens is 252 g/mol. The number of aliphatic carboxylic acids is 1. The lowest BCUT2D eigenvalue weighted by Crippen LogP contribution is -2.41. The van der Waals surface area contributed by atoms with Crippen molar-refractivity contribution in [3.05, 3.63) is 22.4 Å². The zero-order valence-electron chi connectivity index (χ0n) is 10.8. The Labute approximate surface area is 111 Å². The Balaban J connectivity index is 2.50. The van der Waals surface area contributed by atoms with E-state index in [4.69, 9.17) is 5.11 Å². The molecule has 0 aliphatic carbocycles. The third-order valence-electron chi connectivity index (χ3n) is 2.62. The summed E-state index contributed by atoms with van der Waals surface area (Å²) in [6, 6.07) is 1.79. The average molecular weight is 270 g/mol. The van der Waals surface area contributed by atoms with Crippen molar-refractivity contribution in [1.29, 1.82) is 0 Å². The smallest absolute Gasteiger partial charge is 0.319 e. The summed E-state index contributed by atoms with van der Waals surface area (Å²) < 4.78 is 0. The first-order valence-corrected chi connectivity index (χ1v) is 6.56. The predicted molar refractivity (Wildman–Crippen MR) is 70.6 cm³/mol. The lowest BCUT2D eigenvalue weighted by Gasteiger charge is -2.25. The normalized spacial score (nSPS) is 11.9. The monoisotopic (exact) mass is 270 g/mol. The Morgan fingerprint density at radius 3 is 2.56 bits per heavy atom. The minimum absolute atomic E-state index is 0.172. The number of nitrogens with zero attached hydrogens (tertiary/aromatic N) is 2. The van der Waals surface area contributed by atoms with Gasteiger partial charge in [0.2, 0.25) is 0 Å². The van der Waals surface area contributed by atoms with Gasteiger partial charge in [0, 0.05) is 27.2 Å². The molecule has 0 aromatic carbocycles. The SMILES string of the molecule is CC(CN(C)C(=O)N(C)Cc1ccsc1)C(=O)O. The summed E-state index contributed by atoms with van der Waals surface area (Å²) in [5.74, 6) is -1.45. The van der Waals surface area contributed by atoms with E-state index in [0.717, 1.165) is 5.56 Å². The Hall–Kier alpha value is -1.56. The van der Waals surface area contributed by atoms with Crippen LogP contribution in [0.3, 0.4) is 0 Å². The number of carbonyl (C=O) groups is 2. The Bertz CT molecular complexity index is 405. The fourth-order valence-electron chi connectivity index (χ4n) is 1.58. The van der Waals surface area contributed by atoms with E-state index < -0.39 is 11.9 Å². The van der Waals surface area contributed by atoms with Crippen LogP contribution in [0.15, 0.2) is 16.8 Å². The van der Waals surface area contributed by atoms with E-state index in [1.54, 1.807) is 37.3 Å². The van der Waals surface area contributed by atoms with Gasteiger partial charge in [0.25, 0.3) is 0 Å². The number of urea groups is 1. The van der Waals surface area contributed by atoms with Gasteiger partial charge in [-0.05, 0) is 22.4 Å². The third kappa shape index (κ3) is 4.03. The fraction of sp³-hybridized carbons (Fsp3) is 0.500. The standard InChI is InChI=1S/C12H18N2O3S/c1-9(11(15)16)6-13(2)12(17)14(3)7-10-4-5-18-8-10/h4-5,8-9H,6-7H2,1-3H3,(H,15,16). The summed E-state index contributed by atoms with van der Waals surface area (Å²) in [5.41, 5.74) is 1.08. The van der Waals surface area contributed by atoms with Gasteiger partial charge in [-0.1, -0.05) is 6.92 Å².